The molecular formula is C15H13N3O6. The molecule has 0 saturated heterocycles. The van der Waals surface area contributed by atoms with E-state index in [0.29, 0.717) is 0 Å². The third kappa shape index (κ3) is 4.26. The van der Waals surface area contributed by atoms with E-state index in [0.717, 1.165) is 23.8 Å². The Kier molecular flexibility index (Phi) is 5.05. The summed E-state index contributed by atoms with van der Waals surface area (Å²) in [5.74, 6) is -0.284. The highest BCUT2D eigenvalue weighted by molar-refractivity contribution is 5.71. The molecule has 0 aromatic heterocycles. The molecule has 24 heavy (non-hydrogen) atoms. The molecule has 124 valence electrons. The van der Waals surface area contributed by atoms with Gasteiger partial charge in [0.1, 0.15) is 5.75 Å². The number of ether oxygens (including phenoxy) is 1. The zero-order chi connectivity index (χ0) is 17.7. The molecule has 1 amide bonds. The Morgan fingerprint density at radius 1 is 1.04 bits per heavy atom. The van der Waals surface area contributed by atoms with Gasteiger partial charge in [0.25, 0.3) is 11.4 Å². The fraction of sp³-hybridized carbons (Fsp3) is 0.133. The second kappa shape index (κ2) is 7.18. The van der Waals surface area contributed by atoms with Gasteiger partial charge in [-0.2, -0.15) is 0 Å². The standard InChI is InChI=1S/C15H13N3O6/c1-10(11-5-3-2-4-6-11)16-15(19)24-14-8-12(17(20)21)7-13(9-14)18(22)23/h2-10H,1H3,(H,16,19)/t10-/m0/s1. The maximum Gasteiger partial charge on any atom is 0.413 e. The van der Waals surface area contributed by atoms with Crippen molar-refractivity contribution in [2.24, 2.45) is 0 Å². The largest absolute Gasteiger partial charge is 0.413 e. The minimum Gasteiger partial charge on any atom is -0.410 e. The SMILES string of the molecule is C[C@H](NC(=O)Oc1cc([N+](=O)[O-])cc([N+](=O)[O-])c1)c1ccccc1. The minimum atomic E-state index is -0.874. The zero-order valence-electron chi connectivity index (χ0n) is 12.5. The third-order valence-electron chi connectivity index (χ3n) is 3.14. The van der Waals surface area contributed by atoms with Crippen LogP contribution >= 0.6 is 0 Å². The smallest absolute Gasteiger partial charge is 0.410 e. The summed E-state index contributed by atoms with van der Waals surface area (Å²) in [5.41, 5.74) is -0.245. The molecule has 0 saturated carbocycles. The van der Waals surface area contributed by atoms with Gasteiger partial charge in [0.05, 0.1) is 34.1 Å². The first kappa shape index (κ1) is 16.9. The summed E-state index contributed by atoms with van der Waals surface area (Å²) in [6.45, 7) is 1.73. The number of nitro benzene ring substituents is 2. The van der Waals surface area contributed by atoms with Crippen molar-refractivity contribution in [1.29, 1.82) is 0 Å². The third-order valence-corrected chi connectivity index (χ3v) is 3.14. The Bertz CT molecular complexity index is 746. The first-order chi connectivity index (χ1) is 11.4. The van der Waals surface area contributed by atoms with Crippen molar-refractivity contribution in [3.8, 4) is 5.75 Å². The second-order valence-corrected chi connectivity index (χ2v) is 4.87. The molecule has 1 atom stereocenters. The molecular weight excluding hydrogens is 318 g/mol. The van der Waals surface area contributed by atoms with Crippen LogP contribution in [0.1, 0.15) is 18.5 Å². The number of rotatable bonds is 5. The Labute approximate surface area is 136 Å². The molecule has 9 nitrogen and oxygen atoms in total. The van der Waals surface area contributed by atoms with Gasteiger partial charge >= 0.3 is 6.09 Å². The molecule has 0 aliphatic carbocycles. The lowest BCUT2D eigenvalue weighted by atomic mass is 10.1. The number of benzene rings is 2. The zero-order valence-corrected chi connectivity index (χ0v) is 12.5. The average Bonchev–Trinajstić information content (AvgIpc) is 2.55. The first-order valence-corrected chi connectivity index (χ1v) is 6.84. The summed E-state index contributed by atoms with van der Waals surface area (Å²) in [6, 6.07) is 11.4. The predicted octanol–water partition coefficient (Wildman–Crippen LogP) is 3.35. The highest BCUT2D eigenvalue weighted by Crippen LogP contribution is 2.27. The van der Waals surface area contributed by atoms with Gasteiger partial charge in [-0.15, -0.1) is 0 Å². The summed E-state index contributed by atoms with van der Waals surface area (Å²) in [4.78, 5) is 31.9. The van der Waals surface area contributed by atoms with Gasteiger partial charge in [-0.25, -0.2) is 4.79 Å². The minimum absolute atomic E-state index is 0.284. The normalized spacial score (nSPS) is 11.4. The van der Waals surface area contributed by atoms with Gasteiger partial charge in [-0.05, 0) is 12.5 Å². The lowest BCUT2D eigenvalue weighted by Crippen LogP contribution is -2.29. The van der Waals surface area contributed by atoms with Crippen LogP contribution in [0.2, 0.25) is 0 Å². The molecule has 0 heterocycles. The lowest BCUT2D eigenvalue weighted by molar-refractivity contribution is -0.394. The molecule has 0 spiro atoms. The van der Waals surface area contributed by atoms with Crippen molar-refractivity contribution in [3.63, 3.8) is 0 Å². The van der Waals surface area contributed by atoms with Crippen LogP contribution in [0.5, 0.6) is 5.75 Å². The van der Waals surface area contributed by atoms with E-state index in [1.807, 2.05) is 30.3 Å². The maximum atomic E-state index is 11.9. The highest BCUT2D eigenvalue weighted by atomic mass is 16.6. The fourth-order valence-corrected chi connectivity index (χ4v) is 1.98. The van der Waals surface area contributed by atoms with Gasteiger partial charge in [-0.1, -0.05) is 30.3 Å². The summed E-state index contributed by atoms with van der Waals surface area (Å²) in [7, 11) is 0. The van der Waals surface area contributed by atoms with Crippen molar-refractivity contribution < 1.29 is 19.4 Å². The van der Waals surface area contributed by atoms with Gasteiger partial charge in [-0.3, -0.25) is 20.2 Å². The van der Waals surface area contributed by atoms with Gasteiger partial charge in [0.2, 0.25) is 0 Å². The Balaban J connectivity index is 2.13. The van der Waals surface area contributed by atoms with E-state index in [2.05, 4.69) is 5.32 Å². The molecule has 0 radical (unpaired) electrons. The van der Waals surface area contributed by atoms with Crippen molar-refractivity contribution in [3.05, 3.63) is 74.3 Å². The number of nitrogens with one attached hydrogen (secondary N) is 1. The molecule has 0 fully saturated rings. The lowest BCUT2D eigenvalue weighted by Gasteiger charge is -2.14. The number of hydrogen-bond acceptors (Lipinski definition) is 6. The van der Waals surface area contributed by atoms with E-state index in [-0.39, 0.29) is 11.8 Å². The number of nitrogens with zero attached hydrogens (tertiary/aromatic N) is 2. The van der Waals surface area contributed by atoms with Crippen LogP contribution < -0.4 is 10.1 Å². The monoisotopic (exact) mass is 331 g/mol. The van der Waals surface area contributed by atoms with E-state index in [1.165, 1.54) is 0 Å². The average molecular weight is 331 g/mol. The summed E-state index contributed by atoms with van der Waals surface area (Å²) in [5, 5.41) is 24.1. The highest BCUT2D eigenvalue weighted by Gasteiger charge is 2.19. The van der Waals surface area contributed by atoms with E-state index in [1.54, 1.807) is 6.92 Å². The van der Waals surface area contributed by atoms with Crippen molar-refractivity contribution >= 4 is 17.5 Å². The second-order valence-electron chi connectivity index (χ2n) is 4.87. The number of carbonyl (C=O) groups is 1. The molecule has 2 rings (SSSR count). The van der Waals surface area contributed by atoms with E-state index >= 15 is 0 Å². The molecule has 0 bridgehead atoms. The number of hydrogen-bond donors (Lipinski definition) is 1. The topological polar surface area (TPSA) is 125 Å². The molecule has 1 N–H and O–H groups in total. The van der Waals surface area contributed by atoms with Crippen LogP contribution in [0.4, 0.5) is 16.2 Å². The van der Waals surface area contributed by atoms with Crippen LogP contribution in [0.3, 0.4) is 0 Å². The number of amides is 1. The molecule has 0 unspecified atom stereocenters. The van der Waals surface area contributed by atoms with Crippen molar-refractivity contribution in [2.45, 2.75) is 13.0 Å². The van der Waals surface area contributed by atoms with E-state index < -0.39 is 27.3 Å². The van der Waals surface area contributed by atoms with Crippen LogP contribution in [0, 0.1) is 20.2 Å². The number of carbonyl (C=O) groups excluding carboxylic acids is 1. The van der Waals surface area contributed by atoms with Gasteiger partial charge in [0.15, 0.2) is 0 Å². The van der Waals surface area contributed by atoms with E-state index in [9.17, 15) is 25.0 Å². The summed E-state index contributed by atoms with van der Waals surface area (Å²) in [6.07, 6.45) is -0.874. The van der Waals surface area contributed by atoms with Crippen LogP contribution in [-0.2, 0) is 0 Å². The fourth-order valence-electron chi connectivity index (χ4n) is 1.98. The Morgan fingerprint density at radius 2 is 1.58 bits per heavy atom. The van der Waals surface area contributed by atoms with Crippen LogP contribution in [-0.4, -0.2) is 15.9 Å². The first-order valence-electron chi connectivity index (χ1n) is 6.84. The van der Waals surface area contributed by atoms with Gasteiger partial charge in [0, 0.05) is 0 Å². The molecule has 2 aromatic rings. The Hall–Kier alpha value is -3.49. The van der Waals surface area contributed by atoms with Crippen molar-refractivity contribution in [1.82, 2.24) is 5.32 Å². The summed E-state index contributed by atoms with van der Waals surface area (Å²) >= 11 is 0. The van der Waals surface area contributed by atoms with Crippen molar-refractivity contribution in [2.75, 3.05) is 0 Å². The quantitative estimate of drug-likeness (QED) is 0.661. The molecule has 0 aliphatic heterocycles. The van der Waals surface area contributed by atoms with Gasteiger partial charge < -0.3 is 10.1 Å². The molecule has 2 aromatic carbocycles. The maximum absolute atomic E-state index is 11.9. The van der Waals surface area contributed by atoms with Crippen LogP contribution in [0.25, 0.3) is 0 Å². The predicted molar refractivity (Wildman–Crippen MR) is 83.8 cm³/mol. The number of nitro groups is 2. The number of non-ortho nitro benzene ring substituents is 2. The van der Waals surface area contributed by atoms with E-state index in [4.69, 9.17) is 4.74 Å². The van der Waals surface area contributed by atoms with Crippen LogP contribution in [0.15, 0.2) is 48.5 Å². The molecule has 9 heteroatoms. The molecule has 0 aliphatic rings. The Morgan fingerprint density at radius 3 is 2.08 bits per heavy atom. The summed E-state index contributed by atoms with van der Waals surface area (Å²) < 4.78 is 4.93.